The Morgan fingerprint density at radius 2 is 1.77 bits per heavy atom. The molecule has 1 fully saturated rings. The Hall–Kier alpha value is -3.46. The predicted molar refractivity (Wildman–Crippen MR) is 118 cm³/mol. The average Bonchev–Trinajstić information content (AvgIpc) is 3.48. The largest absolute Gasteiger partial charge is 0.497 e. The monoisotopic (exact) mass is 438 g/mol. The van der Waals surface area contributed by atoms with Gasteiger partial charge in [0, 0.05) is 23.7 Å². The van der Waals surface area contributed by atoms with Crippen molar-refractivity contribution in [2.45, 2.75) is 18.9 Å². The minimum absolute atomic E-state index is 0.239. The third-order valence-electron chi connectivity index (χ3n) is 5.09. The third-order valence-corrected chi connectivity index (χ3v) is 5.98. The Labute approximate surface area is 183 Å². The molecular formula is C22H22N4O4S. The summed E-state index contributed by atoms with van der Waals surface area (Å²) in [6, 6.07) is 14.1. The van der Waals surface area contributed by atoms with Gasteiger partial charge in [0.25, 0.3) is 5.91 Å². The first-order chi connectivity index (χ1) is 15.1. The summed E-state index contributed by atoms with van der Waals surface area (Å²) < 4.78 is 10.5. The quantitative estimate of drug-likeness (QED) is 0.633. The zero-order chi connectivity index (χ0) is 21.8. The number of rotatable bonds is 6. The fraction of sp³-hybridized carbons (Fsp3) is 0.273. The van der Waals surface area contributed by atoms with E-state index in [9.17, 15) is 9.59 Å². The lowest BCUT2D eigenvalue weighted by molar-refractivity contribution is -0.119. The number of hydrogen-bond donors (Lipinski definition) is 1. The standard InChI is InChI=1S/C22H22N4O4S/c1-29-16-11-15(12-17(13-16)30-2)21(28)26-10-6-9-18(26)19(27)23-22-25-24-20(31-22)14-7-4-3-5-8-14/h3-5,7-8,11-13,18H,6,9-10H2,1-2H3,(H,23,25,27). The zero-order valence-electron chi connectivity index (χ0n) is 17.2. The Balaban J connectivity index is 1.49. The third kappa shape index (κ3) is 4.51. The predicted octanol–water partition coefficient (Wildman–Crippen LogP) is 3.47. The van der Waals surface area contributed by atoms with E-state index in [1.165, 1.54) is 25.6 Å². The van der Waals surface area contributed by atoms with Crippen LogP contribution in [0.4, 0.5) is 5.13 Å². The zero-order valence-corrected chi connectivity index (χ0v) is 18.0. The van der Waals surface area contributed by atoms with Gasteiger partial charge < -0.3 is 14.4 Å². The van der Waals surface area contributed by atoms with Crippen molar-refractivity contribution in [3.8, 4) is 22.1 Å². The Kier molecular flexibility index (Phi) is 6.13. The minimum Gasteiger partial charge on any atom is -0.497 e. The molecule has 160 valence electrons. The molecule has 0 radical (unpaired) electrons. The van der Waals surface area contributed by atoms with Gasteiger partial charge in [-0.2, -0.15) is 0 Å². The molecule has 2 amide bonds. The van der Waals surface area contributed by atoms with Crippen LogP contribution >= 0.6 is 11.3 Å². The molecule has 1 unspecified atom stereocenters. The van der Waals surface area contributed by atoms with Crippen LogP contribution < -0.4 is 14.8 Å². The van der Waals surface area contributed by atoms with Crippen LogP contribution in [0.15, 0.2) is 48.5 Å². The number of carbonyl (C=O) groups is 2. The molecule has 1 aliphatic heterocycles. The second-order valence-corrected chi connectivity index (χ2v) is 8.00. The van der Waals surface area contributed by atoms with E-state index in [0.29, 0.717) is 35.2 Å². The minimum atomic E-state index is -0.575. The topological polar surface area (TPSA) is 93.7 Å². The van der Waals surface area contributed by atoms with Crippen molar-refractivity contribution in [1.82, 2.24) is 15.1 Å². The van der Waals surface area contributed by atoms with Crippen LogP contribution in [0.5, 0.6) is 11.5 Å². The lowest BCUT2D eigenvalue weighted by Crippen LogP contribution is -2.43. The van der Waals surface area contributed by atoms with Crippen LogP contribution in [0.1, 0.15) is 23.2 Å². The molecule has 1 atom stereocenters. The molecule has 1 N–H and O–H groups in total. The fourth-order valence-corrected chi connectivity index (χ4v) is 4.29. The summed E-state index contributed by atoms with van der Waals surface area (Å²) in [7, 11) is 3.06. The summed E-state index contributed by atoms with van der Waals surface area (Å²) in [6.07, 6.45) is 1.33. The van der Waals surface area contributed by atoms with Crippen molar-refractivity contribution >= 4 is 28.3 Å². The smallest absolute Gasteiger partial charge is 0.254 e. The highest BCUT2D eigenvalue weighted by atomic mass is 32.1. The van der Waals surface area contributed by atoms with Crippen LogP contribution in [0.25, 0.3) is 10.6 Å². The molecule has 2 aromatic carbocycles. The van der Waals surface area contributed by atoms with E-state index in [1.54, 1.807) is 23.1 Å². The van der Waals surface area contributed by atoms with Gasteiger partial charge >= 0.3 is 0 Å². The van der Waals surface area contributed by atoms with E-state index in [-0.39, 0.29) is 11.8 Å². The molecule has 0 spiro atoms. The van der Waals surface area contributed by atoms with Crippen LogP contribution in [-0.4, -0.2) is 53.7 Å². The van der Waals surface area contributed by atoms with Gasteiger partial charge in [0.05, 0.1) is 14.2 Å². The van der Waals surface area contributed by atoms with Gasteiger partial charge in [-0.15, -0.1) is 10.2 Å². The highest BCUT2D eigenvalue weighted by Gasteiger charge is 2.35. The van der Waals surface area contributed by atoms with E-state index in [4.69, 9.17) is 9.47 Å². The summed E-state index contributed by atoms with van der Waals surface area (Å²) in [5, 5.41) is 12.2. The van der Waals surface area contributed by atoms with E-state index < -0.39 is 6.04 Å². The number of nitrogens with zero attached hydrogens (tertiary/aromatic N) is 3. The second kappa shape index (κ2) is 9.13. The number of anilines is 1. The Morgan fingerprint density at radius 1 is 1.06 bits per heavy atom. The molecule has 2 heterocycles. The maximum atomic E-state index is 13.1. The molecule has 0 aliphatic carbocycles. The maximum absolute atomic E-state index is 13.1. The molecule has 1 saturated heterocycles. The summed E-state index contributed by atoms with van der Waals surface area (Å²) in [6.45, 7) is 0.502. The Bertz CT molecular complexity index is 1060. The van der Waals surface area contributed by atoms with Crippen molar-refractivity contribution in [2.24, 2.45) is 0 Å². The van der Waals surface area contributed by atoms with Crippen LogP contribution in [0.2, 0.25) is 0 Å². The first-order valence-electron chi connectivity index (χ1n) is 9.83. The summed E-state index contributed by atoms with van der Waals surface area (Å²) in [5.74, 6) is 0.531. The number of hydrogen-bond acceptors (Lipinski definition) is 7. The van der Waals surface area contributed by atoms with Gasteiger partial charge in [-0.1, -0.05) is 41.7 Å². The van der Waals surface area contributed by atoms with Crippen LogP contribution in [0, 0.1) is 0 Å². The normalized spacial score (nSPS) is 15.5. The number of nitrogens with one attached hydrogen (secondary N) is 1. The first kappa shape index (κ1) is 20.8. The van der Waals surface area contributed by atoms with Gasteiger partial charge in [0.1, 0.15) is 22.5 Å². The molecule has 0 saturated carbocycles. The molecule has 0 bridgehead atoms. The number of ether oxygens (including phenoxy) is 2. The summed E-state index contributed by atoms with van der Waals surface area (Å²) in [5.41, 5.74) is 1.35. The van der Waals surface area contributed by atoms with E-state index >= 15 is 0 Å². The number of aromatic nitrogens is 2. The summed E-state index contributed by atoms with van der Waals surface area (Å²) >= 11 is 1.30. The molecule has 8 nitrogen and oxygen atoms in total. The number of methoxy groups -OCH3 is 2. The van der Waals surface area contributed by atoms with E-state index in [2.05, 4.69) is 15.5 Å². The fourth-order valence-electron chi connectivity index (χ4n) is 3.54. The number of amides is 2. The van der Waals surface area contributed by atoms with Gasteiger partial charge in [0.2, 0.25) is 11.0 Å². The Morgan fingerprint density at radius 3 is 2.45 bits per heavy atom. The number of likely N-dealkylation sites (tertiary alicyclic amines) is 1. The van der Waals surface area contributed by atoms with Gasteiger partial charge in [-0.3, -0.25) is 14.9 Å². The van der Waals surface area contributed by atoms with Gasteiger partial charge in [-0.25, -0.2) is 0 Å². The van der Waals surface area contributed by atoms with Crippen molar-refractivity contribution in [3.05, 3.63) is 54.1 Å². The van der Waals surface area contributed by atoms with Crippen molar-refractivity contribution in [1.29, 1.82) is 0 Å². The molecule has 1 aliphatic rings. The highest BCUT2D eigenvalue weighted by Crippen LogP contribution is 2.29. The van der Waals surface area contributed by atoms with Crippen molar-refractivity contribution < 1.29 is 19.1 Å². The van der Waals surface area contributed by atoms with E-state index in [0.717, 1.165) is 17.0 Å². The highest BCUT2D eigenvalue weighted by molar-refractivity contribution is 7.18. The van der Waals surface area contributed by atoms with Crippen molar-refractivity contribution in [2.75, 3.05) is 26.1 Å². The van der Waals surface area contributed by atoms with Crippen LogP contribution in [-0.2, 0) is 4.79 Å². The average molecular weight is 439 g/mol. The number of benzene rings is 2. The second-order valence-electron chi connectivity index (χ2n) is 7.03. The van der Waals surface area contributed by atoms with Gasteiger partial charge in [-0.05, 0) is 25.0 Å². The molecular weight excluding hydrogens is 416 g/mol. The lowest BCUT2D eigenvalue weighted by Gasteiger charge is -2.24. The molecule has 3 aromatic rings. The van der Waals surface area contributed by atoms with Crippen molar-refractivity contribution in [3.63, 3.8) is 0 Å². The molecule has 4 rings (SSSR count). The maximum Gasteiger partial charge on any atom is 0.254 e. The first-order valence-corrected chi connectivity index (χ1v) is 10.6. The molecule has 1 aromatic heterocycles. The summed E-state index contributed by atoms with van der Waals surface area (Å²) in [4.78, 5) is 27.7. The lowest BCUT2D eigenvalue weighted by atomic mass is 10.1. The molecule has 9 heteroatoms. The SMILES string of the molecule is COc1cc(OC)cc(C(=O)N2CCCC2C(=O)Nc2nnc(-c3ccccc3)s2)c1. The van der Waals surface area contributed by atoms with Crippen LogP contribution in [0.3, 0.4) is 0 Å². The van der Waals surface area contributed by atoms with Gasteiger partial charge in [0.15, 0.2) is 0 Å². The number of carbonyl (C=O) groups excluding carboxylic acids is 2. The van der Waals surface area contributed by atoms with E-state index in [1.807, 2.05) is 30.3 Å². The molecule has 31 heavy (non-hydrogen) atoms.